The Labute approximate surface area is 128 Å². The molecule has 2 N–H and O–H groups in total. The van der Waals surface area contributed by atoms with Gasteiger partial charge in [-0.05, 0) is 17.6 Å². The lowest BCUT2D eigenvalue weighted by molar-refractivity contribution is -0.122. The van der Waals surface area contributed by atoms with Gasteiger partial charge in [-0.3, -0.25) is 4.79 Å². The quantitative estimate of drug-likeness (QED) is 0.872. The number of carbonyl (C=O) groups is 1. The summed E-state index contributed by atoms with van der Waals surface area (Å²) in [6.07, 6.45) is 0.226. The van der Waals surface area contributed by atoms with Gasteiger partial charge in [0.05, 0.1) is 6.54 Å². The van der Waals surface area contributed by atoms with Gasteiger partial charge in [-0.25, -0.2) is 13.8 Å². The zero-order valence-electron chi connectivity index (χ0n) is 11.6. The Morgan fingerprint density at radius 3 is 3.09 bits per heavy atom. The zero-order valence-corrected chi connectivity index (χ0v) is 12.4. The van der Waals surface area contributed by atoms with Gasteiger partial charge in [-0.1, -0.05) is 0 Å². The molecule has 2 heterocycles. The largest absolute Gasteiger partial charge is 0.350 e. The van der Waals surface area contributed by atoms with Gasteiger partial charge in [0, 0.05) is 24.6 Å². The van der Waals surface area contributed by atoms with Crippen LogP contribution in [0.4, 0.5) is 8.78 Å². The molecule has 0 aliphatic heterocycles. The standard InChI is InChI=1S/C12H14F2N6OS/c13-12(14)2-1-7(4-12)3-9(21)15-5-10-16-8(6-22-10)11-17-19-20-18-11/h6-7H,1-5H2,(H,15,21)(H,17,18,19,20). The average molecular weight is 328 g/mol. The maximum atomic E-state index is 13.1. The van der Waals surface area contributed by atoms with Crippen molar-refractivity contribution in [3.05, 3.63) is 10.4 Å². The second-order valence-electron chi connectivity index (χ2n) is 5.31. The molecule has 0 bridgehead atoms. The molecule has 0 aromatic carbocycles. The molecule has 118 valence electrons. The predicted octanol–water partition coefficient (Wildman–Crippen LogP) is 1.76. The molecule has 1 aliphatic rings. The van der Waals surface area contributed by atoms with Gasteiger partial charge in [0.15, 0.2) is 0 Å². The van der Waals surface area contributed by atoms with Crippen molar-refractivity contribution in [2.24, 2.45) is 5.92 Å². The van der Waals surface area contributed by atoms with E-state index in [1.54, 1.807) is 5.38 Å². The van der Waals surface area contributed by atoms with Crippen molar-refractivity contribution < 1.29 is 13.6 Å². The highest BCUT2D eigenvalue weighted by atomic mass is 32.1. The Kier molecular flexibility index (Phi) is 4.10. The number of amides is 1. The van der Waals surface area contributed by atoms with Crippen LogP contribution in [0.1, 0.15) is 30.7 Å². The molecular formula is C12H14F2N6OS. The third-order valence-electron chi connectivity index (χ3n) is 3.54. The average Bonchev–Trinajstić information content (AvgIpc) is 3.16. The van der Waals surface area contributed by atoms with Crippen LogP contribution in [0.2, 0.25) is 0 Å². The molecule has 1 unspecified atom stereocenters. The molecule has 2 aromatic heterocycles. The Hall–Kier alpha value is -1.97. The van der Waals surface area contributed by atoms with E-state index in [2.05, 4.69) is 30.9 Å². The van der Waals surface area contributed by atoms with E-state index in [1.807, 2.05) is 0 Å². The predicted molar refractivity (Wildman–Crippen MR) is 74.0 cm³/mol. The fourth-order valence-electron chi connectivity index (χ4n) is 2.49. The van der Waals surface area contributed by atoms with Crippen LogP contribution in [0.15, 0.2) is 5.38 Å². The Balaban J connectivity index is 1.47. The molecule has 0 radical (unpaired) electrons. The Bertz CT molecular complexity index is 644. The van der Waals surface area contributed by atoms with Gasteiger partial charge >= 0.3 is 0 Å². The number of thiazole rings is 1. The Morgan fingerprint density at radius 1 is 1.55 bits per heavy atom. The zero-order chi connectivity index (χ0) is 15.6. The number of alkyl halides is 2. The van der Waals surface area contributed by atoms with Gasteiger partial charge in [-0.15, -0.1) is 21.5 Å². The maximum absolute atomic E-state index is 13.1. The summed E-state index contributed by atoms with van der Waals surface area (Å²) in [5.74, 6) is -2.68. The van der Waals surface area contributed by atoms with Gasteiger partial charge in [-0.2, -0.15) is 5.21 Å². The smallest absolute Gasteiger partial charge is 0.248 e. The first-order valence-corrected chi connectivity index (χ1v) is 7.72. The number of carbonyl (C=O) groups excluding carboxylic acids is 1. The number of tetrazole rings is 1. The molecule has 2 aromatic rings. The molecule has 0 saturated heterocycles. The first-order valence-electron chi connectivity index (χ1n) is 6.84. The molecule has 1 amide bonds. The molecule has 7 nitrogen and oxygen atoms in total. The minimum atomic E-state index is -2.61. The second-order valence-corrected chi connectivity index (χ2v) is 6.25. The molecule has 1 fully saturated rings. The van der Waals surface area contributed by atoms with Gasteiger partial charge < -0.3 is 5.32 Å². The van der Waals surface area contributed by atoms with E-state index in [9.17, 15) is 13.6 Å². The topological polar surface area (TPSA) is 96.5 Å². The minimum Gasteiger partial charge on any atom is -0.350 e. The Morgan fingerprint density at radius 2 is 2.41 bits per heavy atom. The number of H-pyrrole nitrogens is 1. The van der Waals surface area contributed by atoms with Crippen LogP contribution in [-0.4, -0.2) is 37.4 Å². The summed E-state index contributed by atoms with van der Waals surface area (Å²) in [5, 5.41) is 18.6. The molecule has 1 saturated carbocycles. The molecule has 1 aliphatic carbocycles. The second kappa shape index (κ2) is 6.03. The molecule has 1 atom stereocenters. The van der Waals surface area contributed by atoms with Crippen molar-refractivity contribution in [2.45, 2.75) is 38.2 Å². The van der Waals surface area contributed by atoms with E-state index in [1.165, 1.54) is 11.3 Å². The van der Waals surface area contributed by atoms with E-state index in [0.29, 0.717) is 22.9 Å². The van der Waals surface area contributed by atoms with Crippen LogP contribution < -0.4 is 5.32 Å². The number of halogens is 2. The summed E-state index contributed by atoms with van der Waals surface area (Å²) < 4.78 is 26.1. The number of aromatic amines is 1. The van der Waals surface area contributed by atoms with Crippen molar-refractivity contribution in [3.63, 3.8) is 0 Å². The maximum Gasteiger partial charge on any atom is 0.248 e. The summed E-state index contributed by atoms with van der Waals surface area (Å²) in [7, 11) is 0. The number of hydrogen-bond donors (Lipinski definition) is 2. The number of nitrogens with zero attached hydrogens (tertiary/aromatic N) is 4. The van der Waals surface area contributed by atoms with Crippen molar-refractivity contribution in [3.8, 4) is 11.5 Å². The number of hydrogen-bond acceptors (Lipinski definition) is 6. The van der Waals surface area contributed by atoms with Gasteiger partial charge in [0.25, 0.3) is 0 Å². The lowest BCUT2D eigenvalue weighted by Crippen LogP contribution is -2.25. The van der Waals surface area contributed by atoms with Crippen molar-refractivity contribution in [1.82, 2.24) is 30.9 Å². The number of rotatable bonds is 5. The lowest BCUT2D eigenvalue weighted by atomic mass is 10.0. The normalized spacial score (nSPS) is 20.2. The highest BCUT2D eigenvalue weighted by molar-refractivity contribution is 7.09. The van der Waals surface area contributed by atoms with E-state index >= 15 is 0 Å². The van der Waals surface area contributed by atoms with E-state index in [4.69, 9.17) is 0 Å². The summed E-state index contributed by atoms with van der Waals surface area (Å²) in [5.41, 5.74) is 0.582. The summed E-state index contributed by atoms with van der Waals surface area (Å²) in [4.78, 5) is 16.1. The van der Waals surface area contributed by atoms with Gasteiger partial charge in [0.2, 0.25) is 17.7 Å². The first-order chi connectivity index (χ1) is 10.5. The number of aromatic nitrogens is 5. The van der Waals surface area contributed by atoms with E-state index in [0.717, 1.165) is 0 Å². The molecule has 22 heavy (non-hydrogen) atoms. The van der Waals surface area contributed by atoms with Crippen LogP contribution in [0.25, 0.3) is 11.5 Å². The third kappa shape index (κ3) is 3.62. The van der Waals surface area contributed by atoms with Crippen molar-refractivity contribution in [1.29, 1.82) is 0 Å². The first kappa shape index (κ1) is 14.9. The van der Waals surface area contributed by atoms with E-state index < -0.39 is 5.92 Å². The van der Waals surface area contributed by atoms with E-state index in [-0.39, 0.29) is 37.6 Å². The van der Waals surface area contributed by atoms with Crippen molar-refractivity contribution in [2.75, 3.05) is 0 Å². The summed E-state index contributed by atoms with van der Waals surface area (Å²) in [6.45, 7) is 0.268. The van der Waals surface area contributed by atoms with Gasteiger partial charge in [0.1, 0.15) is 10.7 Å². The molecular weight excluding hydrogens is 314 g/mol. The SMILES string of the molecule is O=C(CC1CCC(F)(F)C1)NCc1nc(-c2nn[nH]n2)cs1. The molecule has 0 spiro atoms. The lowest BCUT2D eigenvalue weighted by Gasteiger charge is -2.10. The minimum absolute atomic E-state index is 0.120. The fraction of sp³-hybridized carbons (Fsp3) is 0.583. The molecule has 10 heteroatoms. The summed E-state index contributed by atoms with van der Waals surface area (Å²) in [6, 6.07) is 0. The molecule has 3 rings (SSSR count). The third-order valence-corrected chi connectivity index (χ3v) is 4.39. The summed E-state index contributed by atoms with van der Waals surface area (Å²) >= 11 is 1.36. The van der Waals surface area contributed by atoms with Crippen molar-refractivity contribution >= 4 is 17.2 Å². The van der Waals surface area contributed by atoms with Crippen LogP contribution in [0, 0.1) is 5.92 Å². The fourth-order valence-corrected chi connectivity index (χ4v) is 3.20. The van der Waals surface area contributed by atoms with Crippen LogP contribution in [0.5, 0.6) is 0 Å². The highest BCUT2D eigenvalue weighted by Gasteiger charge is 2.39. The van der Waals surface area contributed by atoms with Crippen LogP contribution >= 0.6 is 11.3 Å². The van der Waals surface area contributed by atoms with Crippen LogP contribution in [0.3, 0.4) is 0 Å². The monoisotopic (exact) mass is 328 g/mol. The highest BCUT2D eigenvalue weighted by Crippen LogP contribution is 2.40. The van der Waals surface area contributed by atoms with Crippen LogP contribution in [-0.2, 0) is 11.3 Å². The number of nitrogens with one attached hydrogen (secondary N) is 2.